The first-order valence-electron chi connectivity index (χ1n) is 7.41. The Morgan fingerprint density at radius 2 is 2.11 bits per heavy atom. The molecule has 0 bridgehead atoms. The fourth-order valence-electron chi connectivity index (χ4n) is 2.88. The van der Waals surface area contributed by atoms with Crippen LogP contribution in [0, 0.1) is 12.3 Å². The normalized spacial score (nSPS) is 18.2. The smallest absolute Gasteiger partial charge is 0.203 e. The molecule has 2 rings (SSSR count). The van der Waals surface area contributed by atoms with E-state index in [0.717, 1.165) is 24.7 Å². The average Bonchev–Trinajstić information content (AvgIpc) is 2.91. The summed E-state index contributed by atoms with van der Waals surface area (Å²) in [7, 11) is 0. The second kappa shape index (κ2) is 5.77. The molecule has 18 heavy (non-hydrogen) atoms. The molecule has 0 spiro atoms. The summed E-state index contributed by atoms with van der Waals surface area (Å²) in [6, 6.07) is 0. The van der Waals surface area contributed by atoms with Crippen molar-refractivity contribution >= 4 is 5.95 Å². The van der Waals surface area contributed by atoms with Gasteiger partial charge in [0.05, 0.1) is 5.69 Å². The Kier molecular flexibility index (Phi) is 4.31. The molecule has 0 amide bonds. The van der Waals surface area contributed by atoms with E-state index in [0.29, 0.717) is 5.41 Å². The molecule has 1 fully saturated rings. The highest BCUT2D eigenvalue weighted by Gasteiger charge is 2.28. The summed E-state index contributed by atoms with van der Waals surface area (Å²) < 4.78 is 2.27. The highest BCUT2D eigenvalue weighted by Crippen LogP contribution is 2.37. The van der Waals surface area contributed by atoms with Gasteiger partial charge in [0, 0.05) is 19.3 Å². The third-order valence-electron chi connectivity index (χ3n) is 4.13. The Balaban J connectivity index is 1.95. The molecule has 102 valence electrons. The van der Waals surface area contributed by atoms with E-state index in [-0.39, 0.29) is 0 Å². The molecule has 1 aromatic heterocycles. The van der Waals surface area contributed by atoms with Crippen LogP contribution in [0.25, 0.3) is 0 Å². The monoisotopic (exact) mass is 249 g/mol. The summed E-state index contributed by atoms with van der Waals surface area (Å²) in [6.45, 7) is 8.85. The van der Waals surface area contributed by atoms with Gasteiger partial charge in [-0.05, 0) is 31.6 Å². The number of nitrogens with one attached hydrogen (secondary N) is 1. The van der Waals surface area contributed by atoms with Crippen molar-refractivity contribution in [3.8, 4) is 0 Å². The number of aryl methyl sites for hydroxylation is 2. The number of nitrogens with zero attached hydrogens (tertiary/aromatic N) is 2. The van der Waals surface area contributed by atoms with Crippen molar-refractivity contribution in [3.63, 3.8) is 0 Å². The molecule has 0 radical (unpaired) electrons. The van der Waals surface area contributed by atoms with Gasteiger partial charge in [-0.1, -0.05) is 33.1 Å². The van der Waals surface area contributed by atoms with Gasteiger partial charge in [-0.2, -0.15) is 0 Å². The quantitative estimate of drug-likeness (QED) is 0.826. The van der Waals surface area contributed by atoms with Gasteiger partial charge in [-0.15, -0.1) is 0 Å². The number of anilines is 1. The van der Waals surface area contributed by atoms with Gasteiger partial charge in [0.15, 0.2) is 0 Å². The van der Waals surface area contributed by atoms with Gasteiger partial charge < -0.3 is 9.88 Å². The molecule has 0 atom stereocenters. The predicted molar refractivity (Wildman–Crippen MR) is 76.9 cm³/mol. The largest absolute Gasteiger partial charge is 0.355 e. The van der Waals surface area contributed by atoms with E-state index < -0.39 is 0 Å². The molecule has 0 aliphatic heterocycles. The van der Waals surface area contributed by atoms with Crippen LogP contribution in [0.4, 0.5) is 5.95 Å². The van der Waals surface area contributed by atoms with Crippen LogP contribution in [-0.4, -0.2) is 16.1 Å². The third-order valence-corrected chi connectivity index (χ3v) is 4.13. The zero-order chi connectivity index (χ0) is 13.0. The fraction of sp³-hybridized carbons (Fsp3) is 0.800. The van der Waals surface area contributed by atoms with Crippen LogP contribution >= 0.6 is 0 Å². The third kappa shape index (κ3) is 3.27. The molecule has 1 N–H and O–H groups in total. The highest BCUT2D eigenvalue weighted by atomic mass is 15.2. The van der Waals surface area contributed by atoms with Gasteiger partial charge in [-0.3, -0.25) is 0 Å². The zero-order valence-electron chi connectivity index (χ0n) is 12.1. The van der Waals surface area contributed by atoms with Crippen LogP contribution in [0.3, 0.4) is 0 Å². The summed E-state index contributed by atoms with van der Waals surface area (Å²) in [6.07, 6.45) is 10.1. The highest BCUT2D eigenvalue weighted by molar-refractivity contribution is 5.29. The Hall–Kier alpha value is -0.990. The lowest BCUT2D eigenvalue weighted by Crippen LogP contribution is -2.24. The van der Waals surface area contributed by atoms with Crippen LogP contribution in [-0.2, 0) is 6.54 Å². The first-order valence-corrected chi connectivity index (χ1v) is 7.41. The van der Waals surface area contributed by atoms with Crippen LogP contribution in [0.1, 0.15) is 58.1 Å². The summed E-state index contributed by atoms with van der Waals surface area (Å²) in [4.78, 5) is 4.61. The number of hydrogen-bond acceptors (Lipinski definition) is 2. The second-order valence-electron chi connectivity index (χ2n) is 6.12. The van der Waals surface area contributed by atoms with E-state index in [4.69, 9.17) is 0 Å². The molecule has 1 saturated carbocycles. The van der Waals surface area contributed by atoms with Crippen molar-refractivity contribution in [2.24, 2.45) is 5.41 Å². The van der Waals surface area contributed by atoms with Crippen LogP contribution in [0.2, 0.25) is 0 Å². The molecule has 0 saturated heterocycles. The molecule has 0 unspecified atom stereocenters. The minimum absolute atomic E-state index is 0.482. The number of hydrogen-bond donors (Lipinski definition) is 1. The molecule has 0 aromatic carbocycles. The van der Waals surface area contributed by atoms with E-state index >= 15 is 0 Å². The van der Waals surface area contributed by atoms with Crippen molar-refractivity contribution in [2.45, 2.75) is 65.8 Å². The lowest BCUT2D eigenvalue weighted by atomic mass is 9.89. The number of unbranched alkanes of at least 4 members (excludes halogenated alkanes) is 1. The number of aromatic nitrogens is 2. The van der Waals surface area contributed by atoms with E-state index in [1.54, 1.807) is 0 Å². The van der Waals surface area contributed by atoms with Gasteiger partial charge >= 0.3 is 0 Å². The Labute approximate surface area is 111 Å². The van der Waals surface area contributed by atoms with Gasteiger partial charge in [0.2, 0.25) is 5.95 Å². The lowest BCUT2D eigenvalue weighted by molar-refractivity contribution is 0.360. The van der Waals surface area contributed by atoms with Crippen molar-refractivity contribution in [3.05, 3.63) is 11.9 Å². The standard InChI is InChI=1S/C15H27N3/c1-4-5-10-18-11-13(2)17-14(18)16-12-15(3)8-6-7-9-15/h11H,4-10,12H2,1-3H3,(H,16,17). The number of imidazole rings is 1. The molecule has 1 aliphatic rings. The van der Waals surface area contributed by atoms with Crippen LogP contribution in [0.5, 0.6) is 0 Å². The minimum Gasteiger partial charge on any atom is -0.355 e. The molecule has 1 heterocycles. The van der Waals surface area contributed by atoms with Crippen molar-refractivity contribution in [2.75, 3.05) is 11.9 Å². The summed E-state index contributed by atoms with van der Waals surface area (Å²) in [5, 5.41) is 3.58. The number of rotatable bonds is 6. The molecule has 3 heteroatoms. The first-order chi connectivity index (χ1) is 8.63. The van der Waals surface area contributed by atoms with Crippen LogP contribution < -0.4 is 5.32 Å². The Bertz CT molecular complexity index is 375. The SMILES string of the molecule is CCCCn1cc(C)nc1NCC1(C)CCCC1. The average molecular weight is 249 g/mol. The molecular formula is C15H27N3. The van der Waals surface area contributed by atoms with Crippen molar-refractivity contribution in [1.29, 1.82) is 0 Å². The van der Waals surface area contributed by atoms with E-state index in [1.165, 1.54) is 38.5 Å². The summed E-state index contributed by atoms with van der Waals surface area (Å²) in [5.41, 5.74) is 1.60. The minimum atomic E-state index is 0.482. The maximum Gasteiger partial charge on any atom is 0.203 e. The van der Waals surface area contributed by atoms with Gasteiger partial charge in [0.1, 0.15) is 0 Å². The van der Waals surface area contributed by atoms with E-state index in [2.05, 4.69) is 41.8 Å². The first kappa shape index (κ1) is 13.4. The van der Waals surface area contributed by atoms with Gasteiger partial charge in [-0.25, -0.2) is 4.98 Å². The van der Waals surface area contributed by atoms with Crippen molar-refractivity contribution < 1.29 is 0 Å². The summed E-state index contributed by atoms with van der Waals surface area (Å²) >= 11 is 0. The molecule has 1 aliphatic carbocycles. The zero-order valence-corrected chi connectivity index (χ0v) is 12.1. The maximum absolute atomic E-state index is 4.61. The summed E-state index contributed by atoms with van der Waals surface area (Å²) in [5.74, 6) is 1.06. The van der Waals surface area contributed by atoms with Crippen molar-refractivity contribution in [1.82, 2.24) is 9.55 Å². The Morgan fingerprint density at radius 1 is 1.39 bits per heavy atom. The van der Waals surface area contributed by atoms with Crippen LogP contribution in [0.15, 0.2) is 6.20 Å². The predicted octanol–water partition coefficient (Wildman–Crippen LogP) is 3.98. The van der Waals surface area contributed by atoms with E-state index in [1.807, 2.05) is 0 Å². The topological polar surface area (TPSA) is 29.9 Å². The fourth-order valence-corrected chi connectivity index (χ4v) is 2.88. The molecule has 3 nitrogen and oxygen atoms in total. The molecular weight excluding hydrogens is 222 g/mol. The lowest BCUT2D eigenvalue weighted by Gasteiger charge is -2.24. The Morgan fingerprint density at radius 3 is 2.78 bits per heavy atom. The van der Waals surface area contributed by atoms with Gasteiger partial charge in [0.25, 0.3) is 0 Å². The maximum atomic E-state index is 4.61. The van der Waals surface area contributed by atoms with E-state index in [9.17, 15) is 0 Å². The second-order valence-corrected chi connectivity index (χ2v) is 6.12. The molecule has 1 aromatic rings.